The van der Waals surface area contributed by atoms with Gasteiger partial charge in [-0.3, -0.25) is 0 Å². The quantitative estimate of drug-likeness (QED) is 0.777. The Morgan fingerprint density at radius 1 is 1.33 bits per heavy atom. The molecule has 18 heavy (non-hydrogen) atoms. The fourth-order valence-corrected chi connectivity index (χ4v) is 2.88. The van der Waals surface area contributed by atoms with Crippen LogP contribution in [-0.2, 0) is 0 Å². The molecule has 1 aromatic carbocycles. The van der Waals surface area contributed by atoms with Gasteiger partial charge in [0.1, 0.15) is 5.75 Å². The van der Waals surface area contributed by atoms with Crippen LogP contribution in [0.3, 0.4) is 0 Å². The number of hydrogen-bond donors (Lipinski definition) is 1. The molecular weight excluding hydrogens is 222 g/mol. The smallest absolute Gasteiger partial charge is 0.119 e. The number of benzene rings is 1. The summed E-state index contributed by atoms with van der Waals surface area (Å²) in [4.78, 5) is 0. The van der Waals surface area contributed by atoms with Crippen LogP contribution in [0.5, 0.6) is 5.75 Å². The van der Waals surface area contributed by atoms with E-state index in [2.05, 4.69) is 37.4 Å². The Morgan fingerprint density at radius 3 is 2.72 bits per heavy atom. The van der Waals surface area contributed by atoms with E-state index in [1.165, 1.54) is 36.9 Å². The molecule has 0 spiro atoms. The summed E-state index contributed by atoms with van der Waals surface area (Å²) >= 11 is 0. The van der Waals surface area contributed by atoms with Crippen LogP contribution in [0.15, 0.2) is 18.2 Å². The molecule has 1 fully saturated rings. The summed E-state index contributed by atoms with van der Waals surface area (Å²) in [7, 11) is 1.73. The van der Waals surface area contributed by atoms with E-state index < -0.39 is 0 Å². The molecule has 1 N–H and O–H groups in total. The SMILES string of the molecule is CCCNCC1CCC1c1ccc(OC)cc1C. The zero-order valence-corrected chi connectivity index (χ0v) is 11.8. The normalized spacial score (nSPS) is 22.6. The third kappa shape index (κ3) is 2.86. The van der Waals surface area contributed by atoms with Crippen molar-refractivity contribution in [3.8, 4) is 5.75 Å². The van der Waals surface area contributed by atoms with E-state index in [-0.39, 0.29) is 0 Å². The molecule has 0 radical (unpaired) electrons. The number of hydrogen-bond acceptors (Lipinski definition) is 2. The van der Waals surface area contributed by atoms with Crippen LogP contribution in [0.4, 0.5) is 0 Å². The first-order chi connectivity index (χ1) is 8.76. The highest BCUT2D eigenvalue weighted by Crippen LogP contribution is 2.43. The van der Waals surface area contributed by atoms with E-state index in [9.17, 15) is 0 Å². The van der Waals surface area contributed by atoms with Gasteiger partial charge in [-0.15, -0.1) is 0 Å². The second-order valence-electron chi connectivity index (χ2n) is 5.37. The number of nitrogens with one attached hydrogen (secondary N) is 1. The summed E-state index contributed by atoms with van der Waals surface area (Å²) in [6.45, 7) is 6.74. The lowest BCUT2D eigenvalue weighted by Gasteiger charge is -2.38. The van der Waals surface area contributed by atoms with E-state index in [0.717, 1.165) is 24.1 Å². The number of ether oxygens (including phenoxy) is 1. The lowest BCUT2D eigenvalue weighted by molar-refractivity contribution is 0.245. The van der Waals surface area contributed by atoms with E-state index in [0.29, 0.717) is 0 Å². The molecular formula is C16H25NO. The fraction of sp³-hybridized carbons (Fsp3) is 0.625. The molecule has 2 nitrogen and oxygen atoms in total. The Balaban J connectivity index is 1.98. The first-order valence-corrected chi connectivity index (χ1v) is 7.11. The highest BCUT2D eigenvalue weighted by atomic mass is 16.5. The number of rotatable bonds is 6. The molecule has 0 aromatic heterocycles. The van der Waals surface area contributed by atoms with Gasteiger partial charge in [0.25, 0.3) is 0 Å². The predicted octanol–water partition coefficient (Wildman–Crippen LogP) is 3.50. The van der Waals surface area contributed by atoms with Crippen LogP contribution in [0.2, 0.25) is 0 Å². The van der Waals surface area contributed by atoms with Gasteiger partial charge in [0.05, 0.1) is 7.11 Å². The predicted molar refractivity (Wildman–Crippen MR) is 76.4 cm³/mol. The van der Waals surface area contributed by atoms with E-state index in [1.54, 1.807) is 7.11 Å². The minimum atomic E-state index is 0.750. The molecule has 100 valence electrons. The monoisotopic (exact) mass is 247 g/mol. The van der Waals surface area contributed by atoms with Crippen LogP contribution in [0.25, 0.3) is 0 Å². The van der Waals surface area contributed by atoms with Gasteiger partial charge in [-0.1, -0.05) is 13.0 Å². The zero-order chi connectivity index (χ0) is 13.0. The average molecular weight is 247 g/mol. The van der Waals surface area contributed by atoms with Gasteiger partial charge in [-0.05, 0) is 74.4 Å². The first-order valence-electron chi connectivity index (χ1n) is 7.11. The van der Waals surface area contributed by atoms with Gasteiger partial charge in [-0.2, -0.15) is 0 Å². The Labute approximate surface area is 111 Å². The maximum atomic E-state index is 5.28. The van der Waals surface area contributed by atoms with Crippen LogP contribution in [0, 0.1) is 12.8 Å². The molecule has 2 unspecified atom stereocenters. The first kappa shape index (κ1) is 13.4. The maximum absolute atomic E-state index is 5.28. The van der Waals surface area contributed by atoms with E-state index in [4.69, 9.17) is 4.74 Å². The third-order valence-corrected chi connectivity index (χ3v) is 4.13. The molecule has 1 aromatic rings. The van der Waals surface area contributed by atoms with Crippen LogP contribution in [0.1, 0.15) is 43.2 Å². The lowest BCUT2D eigenvalue weighted by Crippen LogP contribution is -2.34. The summed E-state index contributed by atoms with van der Waals surface area (Å²) in [6.07, 6.45) is 3.93. The third-order valence-electron chi connectivity index (χ3n) is 4.13. The highest BCUT2D eigenvalue weighted by molar-refractivity contribution is 5.38. The van der Waals surface area contributed by atoms with Crippen molar-refractivity contribution in [1.82, 2.24) is 5.32 Å². The lowest BCUT2D eigenvalue weighted by atomic mass is 9.69. The van der Waals surface area contributed by atoms with Crippen molar-refractivity contribution < 1.29 is 4.74 Å². The Morgan fingerprint density at radius 2 is 2.17 bits per heavy atom. The molecule has 2 heteroatoms. The highest BCUT2D eigenvalue weighted by Gasteiger charge is 2.32. The summed E-state index contributed by atoms with van der Waals surface area (Å²) in [5.74, 6) is 2.54. The summed E-state index contributed by atoms with van der Waals surface area (Å²) < 4.78 is 5.28. The summed E-state index contributed by atoms with van der Waals surface area (Å²) in [5, 5.41) is 3.55. The van der Waals surface area contributed by atoms with Crippen molar-refractivity contribution >= 4 is 0 Å². The molecule has 0 amide bonds. The molecule has 0 saturated heterocycles. The van der Waals surface area contributed by atoms with Crippen molar-refractivity contribution in [2.24, 2.45) is 5.92 Å². The van der Waals surface area contributed by atoms with Gasteiger partial charge >= 0.3 is 0 Å². The fourth-order valence-electron chi connectivity index (χ4n) is 2.88. The van der Waals surface area contributed by atoms with Crippen LogP contribution >= 0.6 is 0 Å². The van der Waals surface area contributed by atoms with Gasteiger partial charge in [0, 0.05) is 0 Å². The van der Waals surface area contributed by atoms with E-state index >= 15 is 0 Å². The Bertz CT molecular complexity index is 389. The standard InChI is InChI=1S/C16H25NO/c1-4-9-17-11-13-5-7-16(13)15-8-6-14(18-3)10-12(15)2/h6,8,10,13,16-17H,4-5,7,9,11H2,1-3H3. The Hall–Kier alpha value is -1.02. The maximum Gasteiger partial charge on any atom is 0.119 e. The van der Waals surface area contributed by atoms with Gasteiger partial charge in [0.2, 0.25) is 0 Å². The van der Waals surface area contributed by atoms with Crippen LogP contribution < -0.4 is 10.1 Å². The minimum Gasteiger partial charge on any atom is -0.497 e. The van der Waals surface area contributed by atoms with Gasteiger partial charge in [-0.25, -0.2) is 0 Å². The van der Waals surface area contributed by atoms with Crippen molar-refractivity contribution in [1.29, 1.82) is 0 Å². The van der Waals surface area contributed by atoms with Crippen LogP contribution in [-0.4, -0.2) is 20.2 Å². The van der Waals surface area contributed by atoms with Crippen molar-refractivity contribution in [3.05, 3.63) is 29.3 Å². The van der Waals surface area contributed by atoms with Gasteiger partial charge in [0.15, 0.2) is 0 Å². The Kier molecular flexibility index (Phi) is 4.65. The zero-order valence-electron chi connectivity index (χ0n) is 11.8. The molecule has 0 bridgehead atoms. The molecule has 1 aliphatic carbocycles. The largest absolute Gasteiger partial charge is 0.497 e. The minimum absolute atomic E-state index is 0.750. The summed E-state index contributed by atoms with van der Waals surface area (Å²) in [6, 6.07) is 6.51. The van der Waals surface area contributed by atoms with Crippen molar-refractivity contribution in [2.75, 3.05) is 20.2 Å². The molecule has 2 atom stereocenters. The number of aryl methyl sites for hydroxylation is 1. The van der Waals surface area contributed by atoms with Crippen molar-refractivity contribution in [2.45, 2.75) is 39.0 Å². The summed E-state index contributed by atoms with van der Waals surface area (Å²) in [5.41, 5.74) is 2.89. The molecule has 1 saturated carbocycles. The number of methoxy groups -OCH3 is 1. The molecule has 1 aliphatic rings. The average Bonchev–Trinajstić information content (AvgIpc) is 2.35. The second kappa shape index (κ2) is 6.24. The second-order valence-corrected chi connectivity index (χ2v) is 5.37. The van der Waals surface area contributed by atoms with Gasteiger partial charge < -0.3 is 10.1 Å². The van der Waals surface area contributed by atoms with E-state index in [1.807, 2.05) is 0 Å². The molecule has 2 rings (SSSR count). The topological polar surface area (TPSA) is 21.3 Å². The molecule has 0 aliphatic heterocycles. The molecule has 0 heterocycles. The van der Waals surface area contributed by atoms with Crippen molar-refractivity contribution in [3.63, 3.8) is 0 Å².